The van der Waals surface area contributed by atoms with Crippen LogP contribution in [0.3, 0.4) is 0 Å². The van der Waals surface area contributed by atoms with E-state index in [0.717, 1.165) is 31.9 Å². The quantitative estimate of drug-likeness (QED) is 0.741. The zero-order valence-electron chi connectivity index (χ0n) is 14.6. The molecule has 2 aliphatic rings. The lowest BCUT2D eigenvalue weighted by atomic mass is 10.0. The number of fused-ring (bicyclic) bond motifs is 3. The number of rotatable bonds is 3. The van der Waals surface area contributed by atoms with Gasteiger partial charge in [-0.15, -0.1) is 0 Å². The molecule has 5 rings (SSSR count). The molecule has 4 nitrogen and oxygen atoms in total. The van der Waals surface area contributed by atoms with Crippen molar-refractivity contribution in [2.75, 3.05) is 26.2 Å². The summed E-state index contributed by atoms with van der Waals surface area (Å²) in [6.45, 7) is 4.10. The van der Waals surface area contributed by atoms with Gasteiger partial charge in [0.2, 0.25) is 0 Å². The van der Waals surface area contributed by atoms with Gasteiger partial charge in [-0.1, -0.05) is 48.5 Å². The highest BCUT2D eigenvalue weighted by Crippen LogP contribution is 2.41. The van der Waals surface area contributed by atoms with E-state index in [1.807, 2.05) is 18.3 Å². The third-order valence-corrected chi connectivity index (χ3v) is 5.52. The molecule has 1 saturated heterocycles. The first-order chi connectivity index (χ1) is 12.9. The number of furan rings is 1. The predicted molar refractivity (Wildman–Crippen MR) is 102 cm³/mol. The molecule has 0 atom stereocenters. The Morgan fingerprint density at radius 1 is 0.885 bits per heavy atom. The molecular weight excluding hydrogens is 322 g/mol. The first kappa shape index (κ1) is 15.4. The topological polar surface area (TPSA) is 33.2 Å². The molecule has 3 aromatic rings. The van der Waals surface area contributed by atoms with Crippen molar-refractivity contribution >= 4 is 6.21 Å². The molecule has 0 unspecified atom stereocenters. The van der Waals surface area contributed by atoms with Crippen LogP contribution in [0.15, 0.2) is 76.4 Å². The highest BCUT2D eigenvalue weighted by molar-refractivity contribution is 5.78. The molecule has 0 bridgehead atoms. The average Bonchev–Trinajstić information content (AvgIpc) is 3.33. The zero-order valence-corrected chi connectivity index (χ0v) is 14.6. The van der Waals surface area contributed by atoms with Crippen molar-refractivity contribution < 1.29 is 9.32 Å². The molecule has 130 valence electrons. The molecule has 1 aromatic heterocycles. The lowest BCUT2D eigenvalue weighted by Crippen LogP contribution is -3.14. The van der Waals surface area contributed by atoms with Crippen LogP contribution in [0.2, 0.25) is 0 Å². The summed E-state index contributed by atoms with van der Waals surface area (Å²) in [4.78, 5) is 1.63. The Bertz CT molecular complexity index is 879. The van der Waals surface area contributed by atoms with Crippen LogP contribution in [0.5, 0.6) is 0 Å². The number of hydrazone groups is 1. The summed E-state index contributed by atoms with van der Waals surface area (Å²) < 4.78 is 5.32. The molecule has 26 heavy (non-hydrogen) atoms. The molecule has 2 heterocycles. The van der Waals surface area contributed by atoms with Gasteiger partial charge in [0.1, 0.15) is 11.8 Å². The fourth-order valence-electron chi connectivity index (χ4n) is 4.28. The minimum atomic E-state index is 0.443. The second kappa shape index (κ2) is 6.46. The van der Waals surface area contributed by atoms with E-state index in [1.54, 1.807) is 11.2 Å². The molecule has 4 heteroatoms. The normalized spacial score (nSPS) is 17.6. The van der Waals surface area contributed by atoms with Crippen molar-refractivity contribution in [1.29, 1.82) is 0 Å². The first-order valence-electron chi connectivity index (χ1n) is 9.25. The van der Waals surface area contributed by atoms with Gasteiger partial charge in [0.25, 0.3) is 0 Å². The Balaban J connectivity index is 1.35. The van der Waals surface area contributed by atoms with Gasteiger partial charge in [-0.2, -0.15) is 5.10 Å². The molecule has 1 aliphatic carbocycles. The third kappa shape index (κ3) is 2.63. The second-order valence-corrected chi connectivity index (χ2v) is 6.98. The van der Waals surface area contributed by atoms with E-state index in [4.69, 9.17) is 4.42 Å². The van der Waals surface area contributed by atoms with E-state index in [2.05, 4.69) is 58.6 Å². The minimum absolute atomic E-state index is 0.443. The van der Waals surface area contributed by atoms with E-state index in [0.29, 0.717) is 6.04 Å². The van der Waals surface area contributed by atoms with Crippen LogP contribution in [0.1, 0.15) is 22.9 Å². The van der Waals surface area contributed by atoms with E-state index in [1.165, 1.54) is 22.3 Å². The van der Waals surface area contributed by atoms with Crippen molar-refractivity contribution in [2.24, 2.45) is 5.10 Å². The van der Waals surface area contributed by atoms with Gasteiger partial charge >= 0.3 is 0 Å². The van der Waals surface area contributed by atoms with Crippen molar-refractivity contribution in [3.05, 3.63) is 83.8 Å². The number of benzene rings is 2. The Morgan fingerprint density at radius 3 is 2.15 bits per heavy atom. The fourth-order valence-corrected chi connectivity index (χ4v) is 4.28. The fraction of sp³-hybridized carbons (Fsp3) is 0.227. The molecule has 1 fully saturated rings. The molecule has 1 aliphatic heterocycles. The SMILES string of the molecule is C(=NN1CC[NH+](C2c3ccccc3-c3ccccc32)CC1)c1ccco1. The van der Waals surface area contributed by atoms with Gasteiger partial charge in [-0.25, -0.2) is 0 Å². The second-order valence-electron chi connectivity index (χ2n) is 6.98. The summed E-state index contributed by atoms with van der Waals surface area (Å²) in [5.41, 5.74) is 5.74. The van der Waals surface area contributed by atoms with E-state index in [-0.39, 0.29) is 0 Å². The standard InChI is InChI=1S/C22H21N3O/c1-3-9-20-18(7-1)19-8-2-4-10-21(19)22(20)24-11-13-25(14-12-24)23-16-17-6-5-15-26-17/h1-10,15-16,22H,11-14H2/p+1. The number of piperazine rings is 1. The van der Waals surface area contributed by atoms with Gasteiger partial charge < -0.3 is 9.32 Å². The lowest BCUT2D eigenvalue weighted by Gasteiger charge is -2.34. The first-order valence-corrected chi connectivity index (χ1v) is 9.25. The molecule has 0 radical (unpaired) electrons. The Hall–Kier alpha value is -2.85. The van der Waals surface area contributed by atoms with Crippen molar-refractivity contribution in [1.82, 2.24) is 5.01 Å². The van der Waals surface area contributed by atoms with Crippen LogP contribution in [-0.2, 0) is 0 Å². The molecule has 1 N–H and O–H groups in total. The molecule has 0 amide bonds. The number of hydrogen-bond acceptors (Lipinski definition) is 3. The van der Waals surface area contributed by atoms with Crippen molar-refractivity contribution in [2.45, 2.75) is 6.04 Å². The summed E-state index contributed by atoms with van der Waals surface area (Å²) in [7, 11) is 0. The van der Waals surface area contributed by atoms with Crippen LogP contribution in [0.25, 0.3) is 11.1 Å². The van der Waals surface area contributed by atoms with Crippen LogP contribution < -0.4 is 4.90 Å². The monoisotopic (exact) mass is 344 g/mol. The smallest absolute Gasteiger partial charge is 0.146 e. The van der Waals surface area contributed by atoms with Crippen molar-refractivity contribution in [3.63, 3.8) is 0 Å². The summed E-state index contributed by atoms with van der Waals surface area (Å²) in [5.74, 6) is 0.804. The van der Waals surface area contributed by atoms with E-state index >= 15 is 0 Å². The predicted octanol–water partition coefficient (Wildman–Crippen LogP) is 2.58. The third-order valence-electron chi connectivity index (χ3n) is 5.52. The number of nitrogens with one attached hydrogen (secondary N) is 1. The Labute approximate surface area is 153 Å². The van der Waals surface area contributed by atoms with Crippen LogP contribution in [0.4, 0.5) is 0 Å². The minimum Gasteiger partial charge on any atom is -0.463 e. The van der Waals surface area contributed by atoms with Crippen molar-refractivity contribution in [3.8, 4) is 11.1 Å². The van der Waals surface area contributed by atoms with Crippen LogP contribution in [-0.4, -0.2) is 37.4 Å². The maximum Gasteiger partial charge on any atom is 0.146 e. The Morgan fingerprint density at radius 2 is 1.54 bits per heavy atom. The molecule has 0 spiro atoms. The molecule has 2 aromatic carbocycles. The molecular formula is C22H22N3O+. The highest BCUT2D eigenvalue weighted by Gasteiger charge is 2.37. The van der Waals surface area contributed by atoms with Crippen LogP contribution in [0, 0.1) is 0 Å². The maximum absolute atomic E-state index is 5.32. The zero-order chi connectivity index (χ0) is 17.3. The van der Waals surface area contributed by atoms with Gasteiger partial charge in [0.15, 0.2) is 0 Å². The lowest BCUT2D eigenvalue weighted by molar-refractivity contribution is -0.929. The van der Waals surface area contributed by atoms with Gasteiger partial charge in [-0.05, 0) is 23.3 Å². The average molecular weight is 344 g/mol. The number of hydrogen-bond donors (Lipinski definition) is 1. The van der Waals surface area contributed by atoms with E-state index in [9.17, 15) is 0 Å². The van der Waals surface area contributed by atoms with Gasteiger partial charge in [0.05, 0.1) is 38.7 Å². The summed E-state index contributed by atoms with van der Waals surface area (Å²) in [5, 5.41) is 6.73. The molecule has 0 saturated carbocycles. The number of quaternary nitrogens is 1. The summed E-state index contributed by atoms with van der Waals surface area (Å²) in [6.07, 6.45) is 3.49. The van der Waals surface area contributed by atoms with Crippen LogP contribution >= 0.6 is 0 Å². The summed E-state index contributed by atoms with van der Waals surface area (Å²) >= 11 is 0. The Kier molecular flexibility index (Phi) is 3.83. The summed E-state index contributed by atoms with van der Waals surface area (Å²) in [6, 6.07) is 22.0. The highest BCUT2D eigenvalue weighted by atomic mass is 16.3. The maximum atomic E-state index is 5.32. The largest absolute Gasteiger partial charge is 0.463 e. The van der Waals surface area contributed by atoms with Gasteiger partial charge in [0, 0.05) is 11.1 Å². The van der Waals surface area contributed by atoms with E-state index < -0.39 is 0 Å². The van der Waals surface area contributed by atoms with Gasteiger partial charge in [-0.3, -0.25) is 5.01 Å². The number of nitrogens with zero attached hydrogens (tertiary/aromatic N) is 2.